The lowest BCUT2D eigenvalue weighted by molar-refractivity contribution is 0.0913. The number of rotatable bonds is 10. The lowest BCUT2D eigenvalue weighted by Crippen LogP contribution is -2.13. The number of nitrogens with two attached hydrogens (primary N) is 3. The smallest absolute Gasteiger partial charge is 0.200 e. The van der Waals surface area contributed by atoms with E-state index in [4.69, 9.17) is 26.7 Å². The molecule has 0 spiro atoms. The molecule has 222 valence electrons. The Kier molecular flexibility index (Phi) is 8.73. The molecule has 10 heteroatoms. The fourth-order valence-electron chi connectivity index (χ4n) is 5.36. The van der Waals surface area contributed by atoms with Gasteiger partial charge in [-0.25, -0.2) is 0 Å². The summed E-state index contributed by atoms with van der Waals surface area (Å²) in [6.45, 7) is -0.472. The third-order valence-electron chi connectivity index (χ3n) is 7.88. The van der Waals surface area contributed by atoms with Gasteiger partial charge in [0.05, 0.1) is 11.4 Å². The summed E-state index contributed by atoms with van der Waals surface area (Å²) in [6, 6.07) is 20.2. The van der Waals surface area contributed by atoms with E-state index >= 15 is 0 Å². The van der Waals surface area contributed by atoms with E-state index in [1.807, 2.05) is 12.1 Å². The highest BCUT2D eigenvalue weighted by atomic mass is 31.0. The van der Waals surface area contributed by atoms with E-state index in [0.29, 0.717) is 28.2 Å². The molecule has 0 saturated heterocycles. The van der Waals surface area contributed by atoms with Crippen LogP contribution in [0.4, 0.5) is 17.1 Å². The van der Waals surface area contributed by atoms with Gasteiger partial charge in [0.15, 0.2) is 47.8 Å². The highest BCUT2D eigenvalue weighted by Gasteiger charge is 2.28. The number of hydrogen-bond donors (Lipinski definition) is 5. The summed E-state index contributed by atoms with van der Waals surface area (Å²) < 4.78 is 11.2. The minimum Gasteiger partial charge on any atom is -0.504 e. The third kappa shape index (κ3) is 6.84. The van der Waals surface area contributed by atoms with E-state index in [9.17, 15) is 19.8 Å². The normalized spacial score (nSPS) is 16.1. The highest BCUT2D eigenvalue weighted by Crippen LogP contribution is 2.46. The number of nitrogen functional groups attached to an aromatic ring is 3. The number of benzene rings is 4. The van der Waals surface area contributed by atoms with Gasteiger partial charge in [0.2, 0.25) is 0 Å². The van der Waals surface area contributed by atoms with Gasteiger partial charge in [-0.15, -0.1) is 9.24 Å². The molecule has 1 aliphatic rings. The van der Waals surface area contributed by atoms with Crippen LogP contribution in [0.15, 0.2) is 72.8 Å². The number of carbonyl (C=O) groups is 2. The number of aromatic hydroxyl groups is 2. The maximum absolute atomic E-state index is 12.5. The van der Waals surface area contributed by atoms with Crippen molar-refractivity contribution in [2.45, 2.75) is 31.1 Å². The first kappa shape index (κ1) is 29.7. The number of anilines is 3. The molecule has 0 aliphatic heterocycles. The van der Waals surface area contributed by atoms with Crippen LogP contribution in [0.1, 0.15) is 62.9 Å². The largest absolute Gasteiger partial charge is 0.504 e. The van der Waals surface area contributed by atoms with E-state index in [1.54, 1.807) is 54.6 Å². The number of hydrogen-bond acceptors (Lipinski definition) is 9. The summed E-state index contributed by atoms with van der Waals surface area (Å²) in [5.41, 5.74) is 21.4. The van der Waals surface area contributed by atoms with Crippen molar-refractivity contribution in [3.63, 3.8) is 0 Å². The zero-order chi connectivity index (χ0) is 30.7. The SMILES string of the molecule is Nc1ccc(C(=O)COc2ccc([C@@H]3CC[C@H](c4ccc(OCC(=O)c5ccc(P)c(N)c5)c(O)c4)C3)cc2O)cc1N. The van der Waals surface area contributed by atoms with Crippen LogP contribution in [-0.4, -0.2) is 35.0 Å². The highest BCUT2D eigenvalue weighted by molar-refractivity contribution is 7.28. The second-order valence-corrected chi connectivity index (χ2v) is 11.4. The minimum atomic E-state index is -0.282. The Morgan fingerprint density at radius 1 is 0.674 bits per heavy atom. The molecule has 9 nitrogen and oxygen atoms in total. The summed E-state index contributed by atoms with van der Waals surface area (Å²) >= 11 is 0. The molecule has 1 saturated carbocycles. The zero-order valence-corrected chi connectivity index (χ0v) is 24.6. The summed E-state index contributed by atoms with van der Waals surface area (Å²) in [4.78, 5) is 25.0. The first-order valence-electron chi connectivity index (χ1n) is 13.9. The lowest BCUT2D eigenvalue weighted by Gasteiger charge is -2.15. The van der Waals surface area contributed by atoms with E-state index in [0.717, 1.165) is 35.7 Å². The molecule has 4 aromatic carbocycles. The van der Waals surface area contributed by atoms with Crippen molar-refractivity contribution in [2.75, 3.05) is 30.4 Å². The fraction of sp³-hybridized carbons (Fsp3) is 0.212. The first-order chi connectivity index (χ1) is 20.6. The Hall–Kier alpha value is -4.75. The predicted molar refractivity (Wildman–Crippen MR) is 171 cm³/mol. The third-order valence-corrected chi connectivity index (χ3v) is 8.40. The van der Waals surface area contributed by atoms with Gasteiger partial charge < -0.3 is 36.9 Å². The topological polar surface area (TPSA) is 171 Å². The lowest BCUT2D eigenvalue weighted by atomic mass is 9.92. The molecule has 5 rings (SSSR count). The number of Topliss-reactive ketones (excluding diaryl/α,β-unsaturated/α-hetero) is 2. The molecule has 0 heterocycles. The summed E-state index contributed by atoms with van der Waals surface area (Å²) in [6.07, 6.45) is 2.66. The predicted octanol–water partition coefficient (Wildman–Crippen LogP) is 4.92. The molecule has 0 radical (unpaired) electrons. The molecule has 0 aromatic heterocycles. The maximum Gasteiger partial charge on any atom is 0.200 e. The second kappa shape index (κ2) is 12.6. The summed E-state index contributed by atoms with van der Waals surface area (Å²) in [5, 5.41) is 22.0. The van der Waals surface area contributed by atoms with Gasteiger partial charge in [-0.1, -0.05) is 24.3 Å². The molecule has 1 fully saturated rings. The van der Waals surface area contributed by atoms with Crippen LogP contribution in [0.2, 0.25) is 0 Å². The number of phenols is 2. The van der Waals surface area contributed by atoms with Gasteiger partial charge in [0.25, 0.3) is 0 Å². The van der Waals surface area contributed by atoms with Gasteiger partial charge in [-0.2, -0.15) is 0 Å². The van der Waals surface area contributed by atoms with Crippen molar-refractivity contribution in [3.05, 3.63) is 95.1 Å². The van der Waals surface area contributed by atoms with E-state index < -0.39 is 0 Å². The van der Waals surface area contributed by atoms with Crippen molar-refractivity contribution < 1.29 is 29.3 Å². The molecule has 0 bridgehead atoms. The Balaban J connectivity index is 1.16. The second-order valence-electron chi connectivity index (χ2n) is 10.8. The van der Waals surface area contributed by atoms with Crippen LogP contribution < -0.4 is 32.0 Å². The minimum absolute atomic E-state index is 0.0241. The standard InChI is InChI=1S/C33H34N3O6P/c34-24-7-3-22(12-25(24)35)29(39)16-41-31-8-4-20(14-27(31)37)18-1-2-19(11-18)21-5-9-32(28(38)15-21)42-17-30(40)23-6-10-33(43)26(36)13-23/h3-10,12-15,18-19,37-38H,1-2,11,16-17,34-36,43H2/t18-,19+/m1/s1. The van der Waals surface area contributed by atoms with E-state index in [1.165, 1.54) is 6.07 Å². The number of carbonyl (C=O) groups excluding carboxylic acids is 2. The molecular formula is C33H34N3O6P. The van der Waals surface area contributed by atoms with Crippen LogP contribution in [0.5, 0.6) is 23.0 Å². The molecule has 43 heavy (non-hydrogen) atoms. The van der Waals surface area contributed by atoms with Gasteiger partial charge in [0, 0.05) is 16.8 Å². The van der Waals surface area contributed by atoms with Gasteiger partial charge in [-0.05, 0) is 96.1 Å². The Morgan fingerprint density at radius 2 is 1.16 bits per heavy atom. The average molecular weight is 600 g/mol. The first-order valence-corrected chi connectivity index (χ1v) is 14.4. The molecule has 3 atom stereocenters. The maximum atomic E-state index is 12.5. The van der Waals surface area contributed by atoms with Crippen molar-refractivity contribution in [2.24, 2.45) is 0 Å². The fourth-order valence-corrected chi connectivity index (χ4v) is 5.54. The quantitative estimate of drug-likeness (QED) is 0.0964. The zero-order valence-electron chi connectivity index (χ0n) is 23.5. The molecule has 1 unspecified atom stereocenters. The molecule has 0 amide bonds. The Labute approximate surface area is 251 Å². The summed E-state index contributed by atoms with van der Waals surface area (Å²) in [7, 11) is 2.51. The molecule has 8 N–H and O–H groups in total. The van der Waals surface area contributed by atoms with E-state index in [-0.39, 0.29) is 59.6 Å². The van der Waals surface area contributed by atoms with Gasteiger partial charge in [-0.3, -0.25) is 9.59 Å². The monoisotopic (exact) mass is 599 g/mol. The van der Waals surface area contributed by atoms with Crippen LogP contribution in [0.3, 0.4) is 0 Å². The Bertz CT molecular complexity index is 1570. The van der Waals surface area contributed by atoms with Crippen LogP contribution in [-0.2, 0) is 0 Å². The average Bonchev–Trinajstić information content (AvgIpc) is 3.49. The number of ketones is 2. The summed E-state index contributed by atoms with van der Waals surface area (Å²) in [5.74, 6) is 0.298. The van der Waals surface area contributed by atoms with Crippen LogP contribution in [0, 0.1) is 0 Å². The number of phenolic OH excluding ortho intramolecular Hbond substituents is 2. The van der Waals surface area contributed by atoms with E-state index in [2.05, 4.69) is 9.24 Å². The van der Waals surface area contributed by atoms with Gasteiger partial charge >= 0.3 is 0 Å². The molecular weight excluding hydrogens is 565 g/mol. The van der Waals surface area contributed by atoms with Crippen molar-refractivity contribution in [3.8, 4) is 23.0 Å². The van der Waals surface area contributed by atoms with Gasteiger partial charge in [0.1, 0.15) is 0 Å². The van der Waals surface area contributed by atoms with Crippen molar-refractivity contribution >= 4 is 43.2 Å². The number of ether oxygens (including phenoxy) is 2. The Morgan fingerprint density at radius 3 is 1.63 bits per heavy atom. The molecule has 1 aliphatic carbocycles. The van der Waals surface area contributed by atoms with Crippen molar-refractivity contribution in [1.82, 2.24) is 0 Å². The van der Waals surface area contributed by atoms with Crippen LogP contribution in [0.25, 0.3) is 0 Å². The van der Waals surface area contributed by atoms with Crippen LogP contribution >= 0.6 is 9.24 Å². The molecule has 4 aromatic rings. The van der Waals surface area contributed by atoms with Crippen molar-refractivity contribution in [1.29, 1.82) is 0 Å².